The lowest BCUT2D eigenvalue weighted by Crippen LogP contribution is -2.33. The molecule has 0 aliphatic heterocycles. The first kappa shape index (κ1) is 19.1. The summed E-state index contributed by atoms with van der Waals surface area (Å²) in [4.78, 5) is 0. The average Bonchev–Trinajstić information content (AvgIpc) is 2.33. The van der Waals surface area contributed by atoms with E-state index >= 15 is 0 Å². The zero-order chi connectivity index (χ0) is 16.1. The molecule has 1 aliphatic carbocycles. The van der Waals surface area contributed by atoms with Crippen LogP contribution in [0.5, 0.6) is 0 Å². The highest BCUT2D eigenvalue weighted by Gasteiger charge is 2.26. The molecule has 0 aromatic heterocycles. The number of rotatable bonds is 8. The highest BCUT2D eigenvalue weighted by atomic mass is 28.4. The molecular weight excluding hydrogens is 296 g/mol. The maximum atomic E-state index is 6.13. The summed E-state index contributed by atoms with van der Waals surface area (Å²) < 4.78 is 17.6. The molecule has 0 saturated carbocycles. The zero-order valence-corrected chi connectivity index (χ0v) is 17.0. The lowest BCUT2D eigenvalue weighted by atomic mass is 9.83. The van der Waals surface area contributed by atoms with E-state index in [2.05, 4.69) is 45.4 Å². The van der Waals surface area contributed by atoms with Crippen molar-refractivity contribution in [1.82, 2.24) is 0 Å². The van der Waals surface area contributed by atoms with Crippen LogP contribution < -0.4 is 0 Å². The van der Waals surface area contributed by atoms with E-state index in [1.54, 1.807) is 7.11 Å². The Kier molecular flexibility index (Phi) is 7.33. The fourth-order valence-electron chi connectivity index (χ4n) is 2.61. The molecule has 1 rings (SSSR count). The summed E-state index contributed by atoms with van der Waals surface area (Å²) in [6.07, 6.45) is 4.68. The van der Waals surface area contributed by atoms with Crippen molar-refractivity contribution in [1.29, 1.82) is 0 Å². The van der Waals surface area contributed by atoms with Crippen LogP contribution in [0, 0.1) is 11.8 Å². The van der Waals surface area contributed by atoms with Crippen LogP contribution in [0.15, 0.2) is 11.6 Å². The van der Waals surface area contributed by atoms with Gasteiger partial charge in [0.15, 0.2) is 16.6 Å². The van der Waals surface area contributed by atoms with Crippen molar-refractivity contribution in [3.63, 3.8) is 0 Å². The number of ether oxygens (including phenoxy) is 1. The van der Waals surface area contributed by atoms with Crippen LogP contribution in [0.25, 0.3) is 0 Å². The van der Waals surface area contributed by atoms with Crippen LogP contribution in [0.3, 0.4) is 0 Å². The topological polar surface area (TPSA) is 27.7 Å². The molecule has 5 heteroatoms. The Balaban J connectivity index is 2.59. The fourth-order valence-corrected chi connectivity index (χ4v) is 4.06. The molecule has 0 fully saturated rings. The van der Waals surface area contributed by atoms with E-state index < -0.39 is 16.6 Å². The Bertz CT molecular complexity index is 342. The van der Waals surface area contributed by atoms with Gasteiger partial charge in [-0.15, -0.1) is 0 Å². The summed E-state index contributed by atoms with van der Waals surface area (Å²) in [6, 6.07) is 0. The number of methoxy groups -OCH3 is 1. The van der Waals surface area contributed by atoms with Crippen molar-refractivity contribution < 1.29 is 13.6 Å². The number of hydrogen-bond acceptors (Lipinski definition) is 3. The van der Waals surface area contributed by atoms with Gasteiger partial charge in [0.1, 0.15) is 0 Å². The van der Waals surface area contributed by atoms with E-state index in [0.717, 1.165) is 26.2 Å². The van der Waals surface area contributed by atoms with Gasteiger partial charge in [-0.25, -0.2) is 0 Å². The van der Waals surface area contributed by atoms with Crippen molar-refractivity contribution >= 4 is 16.6 Å². The molecule has 0 radical (unpaired) electrons. The van der Waals surface area contributed by atoms with Gasteiger partial charge in [0.05, 0.1) is 6.61 Å². The summed E-state index contributed by atoms with van der Waals surface area (Å²) in [5.41, 5.74) is 1.41. The molecule has 2 unspecified atom stereocenters. The molecule has 0 heterocycles. The normalized spacial score (nSPS) is 24.0. The highest BCUT2D eigenvalue weighted by molar-refractivity contribution is 6.70. The van der Waals surface area contributed by atoms with Gasteiger partial charge in [0.25, 0.3) is 0 Å². The molecule has 0 aromatic carbocycles. The largest absolute Gasteiger partial charge is 0.417 e. The predicted molar refractivity (Wildman–Crippen MR) is 94.8 cm³/mol. The summed E-state index contributed by atoms with van der Waals surface area (Å²) >= 11 is 0. The van der Waals surface area contributed by atoms with Crippen LogP contribution in [0.4, 0.5) is 0 Å². The van der Waals surface area contributed by atoms with Crippen LogP contribution in [-0.4, -0.2) is 43.6 Å². The first-order valence-corrected chi connectivity index (χ1v) is 14.9. The molecule has 0 N–H and O–H groups in total. The Morgan fingerprint density at radius 3 is 2.10 bits per heavy atom. The molecule has 0 spiro atoms. The standard InChI is InChI=1S/C16H34O3Si2/c1-17-11-14-8-15(12-18-20(2,3)4)10-16(9-14)13-19-21(5,6)7/h8,15-16H,9-13H2,1-7H3. The van der Waals surface area contributed by atoms with E-state index in [1.165, 1.54) is 12.0 Å². The summed E-state index contributed by atoms with van der Waals surface area (Å²) in [6.45, 7) is 16.0. The van der Waals surface area contributed by atoms with Crippen LogP contribution in [0.1, 0.15) is 12.8 Å². The summed E-state index contributed by atoms with van der Waals surface area (Å²) in [7, 11) is -1.09. The highest BCUT2D eigenvalue weighted by Crippen LogP contribution is 2.30. The van der Waals surface area contributed by atoms with E-state index in [9.17, 15) is 0 Å². The van der Waals surface area contributed by atoms with Gasteiger partial charge in [-0.05, 0) is 69.5 Å². The lowest BCUT2D eigenvalue weighted by molar-refractivity contribution is 0.169. The van der Waals surface area contributed by atoms with Gasteiger partial charge in [0.2, 0.25) is 0 Å². The second kappa shape index (κ2) is 8.06. The van der Waals surface area contributed by atoms with E-state index in [0.29, 0.717) is 11.8 Å². The summed E-state index contributed by atoms with van der Waals surface area (Å²) in [5, 5.41) is 0. The Hall–Kier alpha value is 0.0538. The van der Waals surface area contributed by atoms with Crippen molar-refractivity contribution in [2.24, 2.45) is 11.8 Å². The Morgan fingerprint density at radius 1 is 1.00 bits per heavy atom. The van der Waals surface area contributed by atoms with Crippen LogP contribution in [0.2, 0.25) is 39.3 Å². The van der Waals surface area contributed by atoms with Crippen molar-refractivity contribution in [3.8, 4) is 0 Å². The first-order chi connectivity index (χ1) is 9.59. The molecule has 0 saturated heterocycles. The van der Waals surface area contributed by atoms with Gasteiger partial charge in [-0.3, -0.25) is 0 Å². The van der Waals surface area contributed by atoms with Gasteiger partial charge in [0, 0.05) is 20.3 Å². The maximum absolute atomic E-state index is 6.13. The van der Waals surface area contributed by atoms with Gasteiger partial charge >= 0.3 is 0 Å². The van der Waals surface area contributed by atoms with E-state index in [1.807, 2.05) is 0 Å². The van der Waals surface area contributed by atoms with Crippen molar-refractivity contribution in [3.05, 3.63) is 11.6 Å². The number of hydrogen-bond donors (Lipinski definition) is 0. The fraction of sp³-hybridized carbons (Fsp3) is 0.875. The van der Waals surface area contributed by atoms with Crippen molar-refractivity contribution in [2.75, 3.05) is 26.9 Å². The van der Waals surface area contributed by atoms with Gasteiger partial charge in [-0.1, -0.05) is 6.08 Å². The average molecular weight is 331 g/mol. The molecule has 21 heavy (non-hydrogen) atoms. The zero-order valence-electron chi connectivity index (χ0n) is 15.0. The summed E-state index contributed by atoms with van der Waals surface area (Å²) in [5.74, 6) is 1.13. The molecule has 3 nitrogen and oxygen atoms in total. The second-order valence-corrected chi connectivity index (χ2v) is 17.2. The molecule has 2 atom stereocenters. The predicted octanol–water partition coefficient (Wildman–Crippen LogP) is 4.29. The van der Waals surface area contributed by atoms with E-state index in [-0.39, 0.29) is 0 Å². The monoisotopic (exact) mass is 330 g/mol. The third-order valence-corrected chi connectivity index (χ3v) is 5.54. The van der Waals surface area contributed by atoms with Gasteiger partial charge < -0.3 is 13.6 Å². The molecule has 0 bridgehead atoms. The van der Waals surface area contributed by atoms with Crippen molar-refractivity contribution in [2.45, 2.75) is 52.1 Å². The smallest absolute Gasteiger partial charge is 0.183 e. The maximum Gasteiger partial charge on any atom is 0.183 e. The SMILES string of the molecule is COCC1=CC(CO[Si](C)(C)C)CC(CO[Si](C)(C)C)C1. The Labute approximate surface area is 133 Å². The molecule has 1 aliphatic rings. The lowest BCUT2D eigenvalue weighted by Gasteiger charge is -2.32. The minimum atomic E-state index is -1.44. The second-order valence-electron chi connectivity index (χ2n) is 8.17. The van der Waals surface area contributed by atoms with Crippen LogP contribution in [-0.2, 0) is 13.6 Å². The molecular formula is C16H34O3Si2. The molecule has 0 aromatic rings. The quantitative estimate of drug-likeness (QED) is 0.491. The minimum Gasteiger partial charge on any atom is -0.417 e. The minimum absolute atomic E-state index is 0.519. The van der Waals surface area contributed by atoms with E-state index in [4.69, 9.17) is 13.6 Å². The third kappa shape index (κ3) is 8.93. The van der Waals surface area contributed by atoms with Gasteiger partial charge in [-0.2, -0.15) is 0 Å². The molecule has 0 amide bonds. The molecule has 124 valence electrons. The first-order valence-electron chi connectivity index (χ1n) is 8.05. The third-order valence-electron chi connectivity index (χ3n) is 3.47. The van der Waals surface area contributed by atoms with Crippen LogP contribution >= 0.6 is 0 Å². The Morgan fingerprint density at radius 2 is 1.57 bits per heavy atom.